The van der Waals surface area contributed by atoms with Crippen LogP contribution in [0.5, 0.6) is 0 Å². The van der Waals surface area contributed by atoms with Crippen LogP contribution in [0, 0.1) is 5.92 Å². The van der Waals surface area contributed by atoms with E-state index in [0.29, 0.717) is 32.3 Å². The van der Waals surface area contributed by atoms with Gasteiger partial charge in [-0.15, -0.1) is 0 Å². The highest BCUT2D eigenvalue weighted by atomic mass is 16.5. The number of nitrogens with two attached hydrogens (primary N) is 1. The summed E-state index contributed by atoms with van der Waals surface area (Å²) >= 11 is 0. The molecule has 0 saturated heterocycles. The predicted octanol–water partition coefficient (Wildman–Crippen LogP) is -1.09. The summed E-state index contributed by atoms with van der Waals surface area (Å²) in [6.45, 7) is 2.41. The van der Waals surface area contributed by atoms with Crippen LogP contribution >= 0.6 is 0 Å². The molecule has 0 radical (unpaired) electrons. The molecule has 5 N–H and O–H groups in total. The Balaban J connectivity index is 2.31. The van der Waals surface area contributed by atoms with Gasteiger partial charge in [-0.05, 0) is 32.6 Å². The lowest BCUT2D eigenvalue weighted by molar-refractivity contribution is -0.151. The van der Waals surface area contributed by atoms with Gasteiger partial charge in [0.2, 0.25) is 5.91 Å². The minimum atomic E-state index is -1.26. The molecule has 0 spiro atoms. The van der Waals surface area contributed by atoms with Gasteiger partial charge in [-0.3, -0.25) is 9.59 Å². The fourth-order valence-electron chi connectivity index (χ4n) is 2.37. The summed E-state index contributed by atoms with van der Waals surface area (Å²) in [6.07, 6.45) is 0.867. The van der Waals surface area contributed by atoms with Crippen LogP contribution in [0.15, 0.2) is 0 Å². The van der Waals surface area contributed by atoms with E-state index in [1.165, 1.54) is 0 Å². The third-order valence-electron chi connectivity index (χ3n) is 3.66. The van der Waals surface area contributed by atoms with Crippen molar-refractivity contribution in [3.05, 3.63) is 0 Å². The lowest BCUT2D eigenvalue weighted by atomic mass is 9.79. The van der Waals surface area contributed by atoms with Crippen LogP contribution in [-0.4, -0.2) is 53.5 Å². The summed E-state index contributed by atoms with van der Waals surface area (Å²) in [7, 11) is 0. The predicted molar refractivity (Wildman–Crippen MR) is 71.6 cm³/mol. The van der Waals surface area contributed by atoms with Crippen molar-refractivity contribution in [2.45, 2.75) is 44.3 Å². The van der Waals surface area contributed by atoms with Gasteiger partial charge in [0, 0.05) is 13.1 Å². The van der Waals surface area contributed by atoms with Crippen molar-refractivity contribution in [2.75, 3.05) is 19.7 Å². The van der Waals surface area contributed by atoms with Crippen LogP contribution in [-0.2, 0) is 14.3 Å². The molecule has 0 aliphatic heterocycles. The number of aliphatic hydroxyl groups is 2. The highest BCUT2D eigenvalue weighted by Crippen LogP contribution is 2.32. The Morgan fingerprint density at radius 1 is 1.45 bits per heavy atom. The maximum Gasteiger partial charge on any atom is 0.308 e. The molecule has 7 heteroatoms. The highest BCUT2D eigenvalue weighted by Gasteiger charge is 2.36. The molecule has 1 unspecified atom stereocenters. The second-order valence-corrected chi connectivity index (χ2v) is 5.30. The van der Waals surface area contributed by atoms with Gasteiger partial charge < -0.3 is 26.0 Å². The molecular weight excluding hydrogens is 264 g/mol. The SMILES string of the molecule is CCOC(=O)C1CCC(O)(CNCC(O)C(N)=O)CC1. The Kier molecular flexibility index (Phi) is 6.38. The number of rotatable bonds is 7. The average molecular weight is 288 g/mol. The highest BCUT2D eigenvalue weighted by molar-refractivity contribution is 5.78. The van der Waals surface area contributed by atoms with Crippen molar-refractivity contribution < 1.29 is 24.5 Å². The molecule has 0 aromatic carbocycles. The second kappa shape index (κ2) is 7.56. The number of hydrogen-bond donors (Lipinski definition) is 4. The van der Waals surface area contributed by atoms with Crippen molar-refractivity contribution in [3.8, 4) is 0 Å². The Labute approximate surface area is 118 Å². The van der Waals surface area contributed by atoms with Crippen LogP contribution in [0.3, 0.4) is 0 Å². The van der Waals surface area contributed by atoms with E-state index in [2.05, 4.69) is 5.32 Å². The third-order valence-corrected chi connectivity index (χ3v) is 3.66. The van der Waals surface area contributed by atoms with Crippen LogP contribution in [0.25, 0.3) is 0 Å². The molecule has 116 valence electrons. The van der Waals surface area contributed by atoms with Crippen LogP contribution in [0.1, 0.15) is 32.6 Å². The van der Waals surface area contributed by atoms with E-state index >= 15 is 0 Å². The summed E-state index contributed by atoms with van der Waals surface area (Å²) in [5.41, 5.74) is 4.01. The number of carbonyl (C=O) groups excluding carboxylic acids is 2. The smallest absolute Gasteiger partial charge is 0.308 e. The second-order valence-electron chi connectivity index (χ2n) is 5.30. The largest absolute Gasteiger partial charge is 0.466 e. The van der Waals surface area contributed by atoms with Crippen molar-refractivity contribution in [1.82, 2.24) is 5.32 Å². The number of ether oxygens (including phenoxy) is 1. The lowest BCUT2D eigenvalue weighted by Crippen LogP contribution is -2.47. The molecule has 7 nitrogen and oxygen atoms in total. The number of esters is 1. The quantitative estimate of drug-likeness (QED) is 0.441. The first-order valence-electron chi connectivity index (χ1n) is 6.95. The van der Waals surface area contributed by atoms with E-state index in [1.54, 1.807) is 6.92 Å². The summed E-state index contributed by atoms with van der Waals surface area (Å²) in [4.78, 5) is 22.2. The third kappa shape index (κ3) is 5.07. The van der Waals surface area contributed by atoms with Gasteiger partial charge in [-0.1, -0.05) is 0 Å². The van der Waals surface area contributed by atoms with Crippen LogP contribution in [0.2, 0.25) is 0 Å². The van der Waals surface area contributed by atoms with Crippen molar-refractivity contribution in [1.29, 1.82) is 0 Å². The van der Waals surface area contributed by atoms with E-state index in [4.69, 9.17) is 10.5 Å². The Bertz CT molecular complexity index is 340. The zero-order chi connectivity index (χ0) is 15.2. The number of primary amides is 1. The number of amides is 1. The summed E-state index contributed by atoms with van der Waals surface area (Å²) in [5, 5.41) is 22.4. The van der Waals surface area contributed by atoms with Gasteiger partial charge in [0.1, 0.15) is 6.10 Å². The molecule has 0 bridgehead atoms. The van der Waals surface area contributed by atoms with Gasteiger partial charge in [-0.25, -0.2) is 0 Å². The lowest BCUT2D eigenvalue weighted by Gasteiger charge is -2.35. The van der Waals surface area contributed by atoms with E-state index in [1.807, 2.05) is 0 Å². The molecule has 1 saturated carbocycles. The summed E-state index contributed by atoms with van der Waals surface area (Å²) in [5.74, 6) is -1.14. The molecular formula is C13H24N2O5. The number of aliphatic hydroxyl groups excluding tert-OH is 1. The average Bonchev–Trinajstić information content (AvgIpc) is 2.39. The first-order valence-corrected chi connectivity index (χ1v) is 6.95. The Hall–Kier alpha value is -1.18. The van der Waals surface area contributed by atoms with Crippen molar-refractivity contribution in [3.63, 3.8) is 0 Å². The molecule has 1 aliphatic rings. The first kappa shape index (κ1) is 16.9. The van der Waals surface area contributed by atoms with Crippen LogP contribution in [0.4, 0.5) is 0 Å². The van der Waals surface area contributed by atoms with E-state index in [9.17, 15) is 19.8 Å². The molecule has 0 aromatic rings. The van der Waals surface area contributed by atoms with E-state index in [-0.39, 0.29) is 25.0 Å². The minimum Gasteiger partial charge on any atom is -0.466 e. The summed E-state index contributed by atoms with van der Waals surface area (Å²) < 4.78 is 4.97. The number of hydrogen-bond acceptors (Lipinski definition) is 6. The molecule has 1 fully saturated rings. The molecule has 1 rings (SSSR count). The van der Waals surface area contributed by atoms with Crippen molar-refractivity contribution in [2.24, 2.45) is 11.7 Å². The van der Waals surface area contributed by atoms with Gasteiger partial charge in [0.15, 0.2) is 0 Å². The zero-order valence-corrected chi connectivity index (χ0v) is 11.8. The Morgan fingerprint density at radius 2 is 2.05 bits per heavy atom. The van der Waals surface area contributed by atoms with Gasteiger partial charge in [0.25, 0.3) is 0 Å². The topological polar surface area (TPSA) is 122 Å². The molecule has 20 heavy (non-hydrogen) atoms. The molecule has 0 heterocycles. The molecule has 1 aliphatic carbocycles. The Morgan fingerprint density at radius 3 is 2.55 bits per heavy atom. The molecule has 1 atom stereocenters. The standard InChI is InChI=1S/C13H24N2O5/c1-2-20-12(18)9-3-5-13(19,6-4-9)8-15-7-10(16)11(14)17/h9-10,15-16,19H,2-8H2,1H3,(H2,14,17). The van der Waals surface area contributed by atoms with Gasteiger partial charge in [0.05, 0.1) is 18.1 Å². The summed E-state index contributed by atoms with van der Waals surface area (Å²) in [6, 6.07) is 0. The maximum atomic E-state index is 11.6. The van der Waals surface area contributed by atoms with Gasteiger partial charge in [-0.2, -0.15) is 0 Å². The van der Waals surface area contributed by atoms with Crippen LogP contribution < -0.4 is 11.1 Å². The fraction of sp³-hybridized carbons (Fsp3) is 0.846. The minimum absolute atomic E-state index is 0.0128. The number of carbonyl (C=O) groups is 2. The maximum absolute atomic E-state index is 11.6. The van der Waals surface area contributed by atoms with Gasteiger partial charge >= 0.3 is 5.97 Å². The zero-order valence-electron chi connectivity index (χ0n) is 11.8. The van der Waals surface area contributed by atoms with Crippen molar-refractivity contribution >= 4 is 11.9 Å². The molecule has 1 amide bonds. The van der Waals surface area contributed by atoms with E-state index in [0.717, 1.165) is 0 Å². The number of nitrogens with one attached hydrogen (secondary N) is 1. The normalized spacial score (nSPS) is 27.9. The molecule has 0 aromatic heterocycles. The van der Waals surface area contributed by atoms with E-state index < -0.39 is 17.6 Å². The fourth-order valence-corrected chi connectivity index (χ4v) is 2.37. The monoisotopic (exact) mass is 288 g/mol. The first-order chi connectivity index (χ1) is 9.38.